The average molecular weight is 273 g/mol. The molecule has 1 heterocycles. The van der Waals surface area contributed by atoms with Gasteiger partial charge in [0.25, 0.3) is 0 Å². The van der Waals surface area contributed by atoms with E-state index in [9.17, 15) is 4.79 Å². The molecule has 2 aliphatic carbocycles. The van der Waals surface area contributed by atoms with Gasteiger partial charge in [0.1, 0.15) is 0 Å². The van der Waals surface area contributed by atoms with Crippen molar-refractivity contribution in [1.29, 1.82) is 0 Å². The van der Waals surface area contributed by atoms with Crippen molar-refractivity contribution in [1.82, 2.24) is 10.2 Å². The molecular weight excluding hydrogens is 248 g/mol. The van der Waals surface area contributed by atoms with Gasteiger partial charge in [0.15, 0.2) is 0 Å². The number of amides is 1. The number of carbonyl (C=O) groups excluding carboxylic acids is 1. The number of carbonyl (C=O) groups is 1. The monoisotopic (exact) mass is 272 g/mol. The van der Waals surface area contributed by atoms with Gasteiger partial charge >= 0.3 is 0 Å². The van der Waals surface area contributed by atoms with Crippen LogP contribution in [0.15, 0.2) is 0 Å². The van der Waals surface area contributed by atoms with Crippen LogP contribution >= 0.6 is 12.4 Å². The molecule has 2 unspecified atom stereocenters. The van der Waals surface area contributed by atoms with Gasteiger partial charge in [-0.2, -0.15) is 0 Å². The van der Waals surface area contributed by atoms with E-state index in [0.717, 1.165) is 18.9 Å². The quantitative estimate of drug-likeness (QED) is 0.833. The second-order valence-electron chi connectivity index (χ2n) is 6.11. The van der Waals surface area contributed by atoms with Crippen LogP contribution in [0.5, 0.6) is 0 Å². The number of nitrogens with zero attached hydrogens (tertiary/aromatic N) is 1. The molecule has 4 heteroatoms. The molecule has 18 heavy (non-hydrogen) atoms. The number of rotatable bonds is 5. The molecule has 3 rings (SSSR count). The Bertz CT molecular complexity index is 296. The van der Waals surface area contributed by atoms with Crippen LogP contribution in [-0.4, -0.2) is 35.5 Å². The molecule has 0 bridgehead atoms. The molecule has 0 radical (unpaired) electrons. The van der Waals surface area contributed by atoms with E-state index < -0.39 is 0 Å². The minimum Gasteiger partial charge on any atom is -0.337 e. The molecular formula is C14H25ClN2O. The van der Waals surface area contributed by atoms with E-state index in [-0.39, 0.29) is 12.4 Å². The Morgan fingerprint density at radius 2 is 2.00 bits per heavy atom. The summed E-state index contributed by atoms with van der Waals surface area (Å²) in [4.78, 5) is 14.7. The molecule has 0 aromatic rings. The number of halogens is 1. The Hall–Kier alpha value is -0.280. The zero-order chi connectivity index (χ0) is 11.8. The second-order valence-corrected chi connectivity index (χ2v) is 6.11. The minimum atomic E-state index is 0. The largest absolute Gasteiger partial charge is 0.337 e. The van der Waals surface area contributed by atoms with Crippen molar-refractivity contribution in [3.05, 3.63) is 0 Å². The van der Waals surface area contributed by atoms with Crippen molar-refractivity contribution in [3.63, 3.8) is 0 Å². The molecule has 1 N–H and O–H groups in total. The zero-order valence-corrected chi connectivity index (χ0v) is 12.0. The standard InChI is InChI=1S/C14H24N2O.ClH/c1-10(11-4-5-11)16(13-6-7-13)14(17)9-12-3-2-8-15-12;/h10-13,15H,2-9H2,1H3;1H. The Kier molecular flexibility index (Phi) is 4.54. The van der Waals surface area contributed by atoms with Crippen molar-refractivity contribution >= 4 is 18.3 Å². The highest BCUT2D eigenvalue weighted by Gasteiger charge is 2.41. The normalized spacial score (nSPS) is 28.6. The first-order valence-electron chi connectivity index (χ1n) is 7.30. The topological polar surface area (TPSA) is 32.3 Å². The van der Waals surface area contributed by atoms with Gasteiger partial charge in [0.2, 0.25) is 5.91 Å². The molecule has 3 fully saturated rings. The van der Waals surface area contributed by atoms with E-state index in [1.165, 1.54) is 38.5 Å². The molecule has 0 spiro atoms. The zero-order valence-electron chi connectivity index (χ0n) is 11.2. The van der Waals surface area contributed by atoms with E-state index >= 15 is 0 Å². The highest BCUT2D eigenvalue weighted by Crippen LogP contribution is 2.40. The summed E-state index contributed by atoms with van der Waals surface area (Å²) in [7, 11) is 0. The molecule has 3 nitrogen and oxygen atoms in total. The van der Waals surface area contributed by atoms with Gasteiger partial charge in [-0.25, -0.2) is 0 Å². The van der Waals surface area contributed by atoms with Crippen molar-refractivity contribution in [2.45, 2.75) is 70.0 Å². The molecule has 2 saturated carbocycles. The Morgan fingerprint density at radius 1 is 1.28 bits per heavy atom. The summed E-state index contributed by atoms with van der Waals surface area (Å²) in [6.07, 6.45) is 8.29. The predicted octanol–water partition coefficient (Wildman–Crippen LogP) is 2.34. The summed E-state index contributed by atoms with van der Waals surface area (Å²) in [5, 5.41) is 3.44. The first kappa shape index (κ1) is 14.1. The first-order chi connectivity index (χ1) is 8.25. The highest BCUT2D eigenvalue weighted by molar-refractivity contribution is 5.85. The molecule has 1 saturated heterocycles. The smallest absolute Gasteiger partial charge is 0.224 e. The summed E-state index contributed by atoms with van der Waals surface area (Å²) < 4.78 is 0. The fourth-order valence-electron chi connectivity index (χ4n) is 3.17. The molecule has 0 aromatic carbocycles. The van der Waals surface area contributed by atoms with Gasteiger partial charge < -0.3 is 10.2 Å². The summed E-state index contributed by atoms with van der Waals surface area (Å²) in [6.45, 7) is 3.36. The number of hydrogen-bond donors (Lipinski definition) is 1. The third-order valence-corrected chi connectivity index (χ3v) is 4.55. The maximum absolute atomic E-state index is 12.4. The summed E-state index contributed by atoms with van der Waals surface area (Å²) in [6, 6.07) is 1.53. The van der Waals surface area contributed by atoms with Gasteiger partial charge in [-0.1, -0.05) is 0 Å². The Labute approximate surface area is 116 Å². The third-order valence-electron chi connectivity index (χ3n) is 4.55. The molecule has 2 atom stereocenters. The van der Waals surface area contributed by atoms with Crippen molar-refractivity contribution < 1.29 is 4.79 Å². The molecule has 1 amide bonds. The fraction of sp³-hybridized carbons (Fsp3) is 0.929. The molecule has 104 valence electrons. The van der Waals surface area contributed by atoms with E-state index in [1.54, 1.807) is 0 Å². The lowest BCUT2D eigenvalue weighted by Gasteiger charge is -2.30. The van der Waals surface area contributed by atoms with E-state index in [4.69, 9.17) is 0 Å². The van der Waals surface area contributed by atoms with Gasteiger partial charge in [0.05, 0.1) is 0 Å². The average Bonchev–Trinajstić information content (AvgIpc) is 3.19. The van der Waals surface area contributed by atoms with Crippen LogP contribution in [0.25, 0.3) is 0 Å². The summed E-state index contributed by atoms with van der Waals surface area (Å²) in [5.74, 6) is 1.21. The molecule has 0 aromatic heterocycles. The molecule has 1 aliphatic heterocycles. The maximum Gasteiger partial charge on any atom is 0.224 e. The SMILES string of the molecule is CC(C1CC1)N(C(=O)CC1CCCN1)C1CC1.Cl. The minimum absolute atomic E-state index is 0. The third kappa shape index (κ3) is 3.18. The van der Waals surface area contributed by atoms with Gasteiger partial charge in [0, 0.05) is 24.5 Å². The lowest BCUT2D eigenvalue weighted by atomic mass is 10.1. The number of nitrogens with one attached hydrogen (secondary N) is 1. The van der Waals surface area contributed by atoms with Crippen molar-refractivity contribution in [2.24, 2.45) is 5.92 Å². The van der Waals surface area contributed by atoms with Crippen molar-refractivity contribution in [3.8, 4) is 0 Å². The van der Waals surface area contributed by atoms with E-state index in [0.29, 0.717) is 24.0 Å². The van der Waals surface area contributed by atoms with Gasteiger partial charge in [-0.3, -0.25) is 4.79 Å². The van der Waals surface area contributed by atoms with Gasteiger partial charge in [-0.15, -0.1) is 12.4 Å². The van der Waals surface area contributed by atoms with E-state index in [2.05, 4.69) is 17.1 Å². The lowest BCUT2D eigenvalue weighted by molar-refractivity contribution is -0.134. The van der Waals surface area contributed by atoms with Crippen LogP contribution in [0.2, 0.25) is 0 Å². The van der Waals surface area contributed by atoms with Crippen LogP contribution < -0.4 is 5.32 Å². The first-order valence-corrected chi connectivity index (χ1v) is 7.30. The molecule has 3 aliphatic rings. The number of hydrogen-bond acceptors (Lipinski definition) is 2. The Balaban J connectivity index is 0.00000120. The lowest BCUT2D eigenvalue weighted by Crippen LogP contribution is -2.43. The van der Waals surface area contributed by atoms with Crippen LogP contribution in [0.4, 0.5) is 0 Å². The summed E-state index contributed by atoms with van der Waals surface area (Å²) in [5.41, 5.74) is 0. The van der Waals surface area contributed by atoms with Crippen LogP contribution in [0.3, 0.4) is 0 Å². The van der Waals surface area contributed by atoms with Crippen LogP contribution in [0, 0.1) is 5.92 Å². The van der Waals surface area contributed by atoms with Crippen LogP contribution in [0.1, 0.15) is 51.9 Å². The van der Waals surface area contributed by atoms with Crippen LogP contribution in [-0.2, 0) is 4.79 Å². The second kappa shape index (κ2) is 5.79. The maximum atomic E-state index is 12.4. The highest BCUT2D eigenvalue weighted by atomic mass is 35.5. The fourth-order valence-corrected chi connectivity index (χ4v) is 3.17. The predicted molar refractivity (Wildman–Crippen MR) is 74.9 cm³/mol. The van der Waals surface area contributed by atoms with E-state index in [1.807, 2.05) is 0 Å². The van der Waals surface area contributed by atoms with Gasteiger partial charge in [-0.05, 0) is 57.9 Å². The Morgan fingerprint density at radius 3 is 2.50 bits per heavy atom. The van der Waals surface area contributed by atoms with Crippen molar-refractivity contribution in [2.75, 3.05) is 6.54 Å². The summed E-state index contributed by atoms with van der Waals surface area (Å²) >= 11 is 0.